The maximum absolute atomic E-state index is 13.1. The van der Waals surface area contributed by atoms with Crippen LogP contribution in [0.5, 0.6) is 0 Å². The minimum Gasteiger partial charge on any atom is -0.338 e. The first-order valence-electron chi connectivity index (χ1n) is 9.60. The standard InChI is InChI=1S/C22H19ClN4O3/c23-18-7-3-16(4-8-18)14-27-20(29)22(25-21(27)30)9-11-26(12-10-22)19(28)17-5-1-15(13-24)2-6-17/h1-8H,9-12,14H2,(H,25,30). The number of urea groups is 1. The lowest BCUT2D eigenvalue weighted by molar-refractivity contribution is -0.133. The highest BCUT2D eigenvalue weighted by Gasteiger charge is 2.52. The molecule has 152 valence electrons. The predicted octanol–water partition coefficient (Wildman–Crippen LogP) is 2.94. The van der Waals surface area contributed by atoms with Crippen molar-refractivity contribution in [3.05, 3.63) is 70.2 Å². The fourth-order valence-electron chi connectivity index (χ4n) is 3.89. The van der Waals surface area contributed by atoms with Crippen LogP contribution in [-0.4, -0.2) is 46.3 Å². The van der Waals surface area contributed by atoms with Crippen LogP contribution in [-0.2, 0) is 11.3 Å². The molecular weight excluding hydrogens is 404 g/mol. The van der Waals surface area contributed by atoms with Gasteiger partial charge in [-0.3, -0.25) is 14.5 Å². The lowest BCUT2D eigenvalue weighted by Crippen LogP contribution is -2.55. The van der Waals surface area contributed by atoms with Crippen LogP contribution in [0.3, 0.4) is 0 Å². The van der Waals surface area contributed by atoms with Gasteiger partial charge in [0.15, 0.2) is 0 Å². The van der Waals surface area contributed by atoms with Crippen molar-refractivity contribution >= 4 is 29.4 Å². The van der Waals surface area contributed by atoms with Crippen molar-refractivity contribution in [1.29, 1.82) is 5.26 Å². The van der Waals surface area contributed by atoms with E-state index in [9.17, 15) is 14.4 Å². The first-order chi connectivity index (χ1) is 14.4. The molecule has 1 spiro atoms. The molecule has 0 aromatic heterocycles. The Morgan fingerprint density at radius 2 is 1.70 bits per heavy atom. The van der Waals surface area contributed by atoms with Gasteiger partial charge in [-0.25, -0.2) is 4.79 Å². The average Bonchev–Trinajstić information content (AvgIpc) is 2.99. The van der Waals surface area contributed by atoms with E-state index in [1.807, 2.05) is 6.07 Å². The summed E-state index contributed by atoms with van der Waals surface area (Å²) in [6, 6.07) is 15.1. The van der Waals surface area contributed by atoms with Crippen LogP contribution in [0.1, 0.15) is 34.3 Å². The van der Waals surface area contributed by atoms with Gasteiger partial charge in [-0.05, 0) is 54.8 Å². The minimum absolute atomic E-state index is 0.149. The van der Waals surface area contributed by atoms with Crippen molar-refractivity contribution in [2.75, 3.05) is 13.1 Å². The summed E-state index contributed by atoms with van der Waals surface area (Å²) >= 11 is 5.89. The fraction of sp³-hybridized carbons (Fsp3) is 0.273. The van der Waals surface area contributed by atoms with E-state index in [1.165, 1.54) is 4.90 Å². The molecule has 7 nitrogen and oxygen atoms in total. The Morgan fingerprint density at radius 1 is 1.07 bits per heavy atom. The Morgan fingerprint density at radius 3 is 2.30 bits per heavy atom. The molecule has 2 fully saturated rings. The van der Waals surface area contributed by atoms with Crippen LogP contribution in [0.25, 0.3) is 0 Å². The summed E-state index contributed by atoms with van der Waals surface area (Å²) in [5.41, 5.74) is 0.832. The lowest BCUT2D eigenvalue weighted by Gasteiger charge is -2.37. The van der Waals surface area contributed by atoms with Gasteiger partial charge in [-0.2, -0.15) is 5.26 Å². The second kappa shape index (κ2) is 7.81. The van der Waals surface area contributed by atoms with Crippen LogP contribution in [0.2, 0.25) is 5.02 Å². The highest BCUT2D eigenvalue weighted by atomic mass is 35.5. The SMILES string of the molecule is N#Cc1ccc(C(=O)N2CCC3(CC2)NC(=O)N(Cc2ccc(Cl)cc2)C3=O)cc1. The summed E-state index contributed by atoms with van der Waals surface area (Å²) in [4.78, 5) is 41.2. The number of halogens is 1. The van der Waals surface area contributed by atoms with Gasteiger partial charge in [0.25, 0.3) is 11.8 Å². The van der Waals surface area contributed by atoms with Gasteiger partial charge < -0.3 is 10.2 Å². The number of hydrogen-bond donors (Lipinski definition) is 1. The molecule has 0 radical (unpaired) electrons. The molecule has 8 heteroatoms. The van der Waals surface area contributed by atoms with Gasteiger partial charge in [-0.15, -0.1) is 0 Å². The topological polar surface area (TPSA) is 93.5 Å². The Bertz CT molecular complexity index is 1040. The summed E-state index contributed by atoms with van der Waals surface area (Å²) in [5, 5.41) is 12.3. The van der Waals surface area contributed by atoms with Crippen molar-refractivity contribution in [3.8, 4) is 6.07 Å². The normalized spacial score (nSPS) is 17.7. The lowest BCUT2D eigenvalue weighted by atomic mass is 9.87. The second-order valence-electron chi connectivity index (χ2n) is 7.51. The molecule has 2 heterocycles. The Hall–Kier alpha value is -3.37. The maximum Gasteiger partial charge on any atom is 0.325 e. The van der Waals surface area contributed by atoms with Crippen molar-refractivity contribution in [1.82, 2.24) is 15.1 Å². The summed E-state index contributed by atoms with van der Waals surface area (Å²) in [7, 11) is 0. The summed E-state index contributed by atoms with van der Waals surface area (Å²) in [6.45, 7) is 0.900. The van der Waals surface area contributed by atoms with Gasteiger partial charge in [0, 0.05) is 23.7 Å². The van der Waals surface area contributed by atoms with Gasteiger partial charge in [0.05, 0.1) is 18.2 Å². The Balaban J connectivity index is 1.42. The fourth-order valence-corrected chi connectivity index (χ4v) is 4.02. The number of carbonyl (C=O) groups excluding carboxylic acids is 3. The van der Waals surface area contributed by atoms with Crippen LogP contribution in [0.15, 0.2) is 48.5 Å². The van der Waals surface area contributed by atoms with E-state index in [2.05, 4.69) is 5.32 Å². The summed E-state index contributed by atoms with van der Waals surface area (Å²) in [6.07, 6.45) is 0.716. The van der Waals surface area contributed by atoms with E-state index in [-0.39, 0.29) is 18.4 Å². The molecule has 4 amide bonds. The van der Waals surface area contributed by atoms with E-state index >= 15 is 0 Å². The number of benzene rings is 2. The van der Waals surface area contributed by atoms with Crippen LogP contribution in [0.4, 0.5) is 4.79 Å². The first-order valence-corrected chi connectivity index (χ1v) is 9.98. The molecule has 30 heavy (non-hydrogen) atoms. The van der Waals surface area contributed by atoms with Gasteiger partial charge in [0.2, 0.25) is 0 Å². The molecule has 0 saturated carbocycles. The molecular formula is C22H19ClN4O3. The molecule has 2 aliphatic rings. The third kappa shape index (κ3) is 3.62. The third-order valence-corrected chi connectivity index (χ3v) is 5.92. The molecule has 0 unspecified atom stereocenters. The number of imide groups is 1. The Labute approximate surface area is 178 Å². The number of carbonyl (C=O) groups is 3. The second-order valence-corrected chi connectivity index (χ2v) is 7.95. The quantitative estimate of drug-likeness (QED) is 0.769. The smallest absolute Gasteiger partial charge is 0.325 e. The number of likely N-dealkylation sites (tertiary alicyclic amines) is 1. The first kappa shape index (κ1) is 19.9. The largest absolute Gasteiger partial charge is 0.338 e. The molecule has 2 aliphatic heterocycles. The molecule has 2 aromatic rings. The number of piperidine rings is 1. The van der Waals surface area contributed by atoms with Crippen molar-refractivity contribution < 1.29 is 14.4 Å². The number of amides is 4. The third-order valence-electron chi connectivity index (χ3n) is 5.67. The van der Waals surface area contributed by atoms with Crippen LogP contribution >= 0.6 is 11.6 Å². The molecule has 2 saturated heterocycles. The average molecular weight is 423 g/mol. The molecule has 2 aromatic carbocycles. The number of nitrogens with zero attached hydrogens (tertiary/aromatic N) is 3. The molecule has 0 bridgehead atoms. The van der Waals surface area contributed by atoms with Crippen LogP contribution in [0, 0.1) is 11.3 Å². The van der Waals surface area contributed by atoms with Gasteiger partial charge in [-0.1, -0.05) is 23.7 Å². The van der Waals surface area contributed by atoms with Gasteiger partial charge in [0.1, 0.15) is 5.54 Å². The zero-order chi connectivity index (χ0) is 21.3. The number of nitriles is 1. The Kier molecular flexibility index (Phi) is 5.18. The van der Waals surface area contributed by atoms with Crippen molar-refractivity contribution in [2.45, 2.75) is 24.9 Å². The van der Waals surface area contributed by atoms with Crippen molar-refractivity contribution in [3.63, 3.8) is 0 Å². The zero-order valence-corrected chi connectivity index (χ0v) is 16.9. The summed E-state index contributed by atoms with van der Waals surface area (Å²) in [5.74, 6) is -0.406. The highest BCUT2D eigenvalue weighted by molar-refractivity contribution is 6.30. The maximum atomic E-state index is 13.1. The number of hydrogen-bond acceptors (Lipinski definition) is 4. The van der Waals surface area contributed by atoms with Gasteiger partial charge >= 0.3 is 6.03 Å². The van der Waals surface area contributed by atoms with E-state index in [0.717, 1.165) is 5.56 Å². The van der Waals surface area contributed by atoms with E-state index < -0.39 is 11.6 Å². The minimum atomic E-state index is -0.967. The molecule has 1 N–H and O–H groups in total. The zero-order valence-electron chi connectivity index (χ0n) is 16.1. The van der Waals surface area contributed by atoms with Crippen molar-refractivity contribution in [2.24, 2.45) is 0 Å². The summed E-state index contributed by atoms with van der Waals surface area (Å²) < 4.78 is 0. The molecule has 0 atom stereocenters. The molecule has 4 rings (SSSR count). The van der Waals surface area contributed by atoms with E-state index in [1.54, 1.807) is 53.4 Å². The monoisotopic (exact) mass is 422 g/mol. The highest BCUT2D eigenvalue weighted by Crippen LogP contribution is 2.31. The number of nitrogens with one attached hydrogen (secondary N) is 1. The van der Waals surface area contributed by atoms with E-state index in [0.29, 0.717) is 42.1 Å². The van der Waals surface area contributed by atoms with E-state index in [4.69, 9.17) is 16.9 Å². The number of rotatable bonds is 3. The van der Waals surface area contributed by atoms with Crippen LogP contribution < -0.4 is 5.32 Å². The predicted molar refractivity (Wildman–Crippen MR) is 110 cm³/mol. The molecule has 0 aliphatic carbocycles.